The van der Waals surface area contributed by atoms with Gasteiger partial charge in [-0.2, -0.15) is 5.10 Å². The third kappa shape index (κ3) is 2.52. The third-order valence-corrected chi connectivity index (χ3v) is 3.00. The quantitative estimate of drug-likeness (QED) is 0.831. The van der Waals surface area contributed by atoms with Crippen LogP contribution in [-0.4, -0.2) is 20.8 Å². The first-order valence-corrected chi connectivity index (χ1v) is 6.07. The lowest BCUT2D eigenvalue weighted by Gasteiger charge is -2.10. The number of hydrogen-bond donors (Lipinski definition) is 1. The van der Waals surface area contributed by atoms with Gasteiger partial charge < -0.3 is 5.32 Å². The van der Waals surface area contributed by atoms with Crippen LogP contribution < -0.4 is 5.32 Å². The number of nitrogens with one attached hydrogen (secondary N) is 1. The van der Waals surface area contributed by atoms with E-state index >= 15 is 0 Å². The summed E-state index contributed by atoms with van der Waals surface area (Å²) in [6.07, 6.45) is 7.91. The van der Waals surface area contributed by atoms with Gasteiger partial charge in [0.25, 0.3) is 0 Å². The van der Waals surface area contributed by atoms with Gasteiger partial charge in [-0.25, -0.2) is 4.98 Å². The molecule has 1 unspecified atom stereocenters. The molecule has 0 saturated carbocycles. The van der Waals surface area contributed by atoms with E-state index < -0.39 is 0 Å². The van der Waals surface area contributed by atoms with Crippen LogP contribution in [0.5, 0.6) is 0 Å². The Hall–Kier alpha value is -1.86. The Morgan fingerprint density at radius 1 is 1.56 bits per heavy atom. The molecule has 0 aliphatic carbocycles. The van der Waals surface area contributed by atoms with E-state index in [9.17, 15) is 0 Å². The second-order valence-electron chi connectivity index (χ2n) is 4.61. The highest BCUT2D eigenvalue weighted by molar-refractivity contribution is 5.78. The summed E-state index contributed by atoms with van der Waals surface area (Å²) in [7, 11) is 1.91. The fraction of sp³-hybridized carbons (Fsp3) is 0.429. The Morgan fingerprint density at radius 3 is 3.06 bits per heavy atom. The van der Waals surface area contributed by atoms with Gasteiger partial charge in [0.2, 0.25) is 0 Å². The van der Waals surface area contributed by atoms with Crippen molar-refractivity contribution in [1.82, 2.24) is 20.1 Å². The lowest BCUT2D eigenvalue weighted by molar-refractivity contribution is 0.559. The number of aryl methyl sites for hydroxylation is 2. The van der Waals surface area contributed by atoms with Gasteiger partial charge in [-0.15, -0.1) is 12.3 Å². The predicted octanol–water partition coefficient (Wildman–Crippen LogP) is 1.78. The Morgan fingerprint density at radius 2 is 2.33 bits per heavy atom. The molecule has 2 aromatic heterocycles. The van der Waals surface area contributed by atoms with Crippen LogP contribution in [-0.2, 0) is 13.6 Å². The van der Waals surface area contributed by atoms with Crippen molar-refractivity contribution in [3.05, 3.63) is 23.5 Å². The number of pyridine rings is 1. The van der Waals surface area contributed by atoms with Gasteiger partial charge in [0.05, 0.1) is 5.69 Å². The molecule has 2 rings (SSSR count). The molecule has 0 amide bonds. The van der Waals surface area contributed by atoms with Crippen molar-refractivity contribution < 1.29 is 0 Å². The predicted molar refractivity (Wildman–Crippen MR) is 73.0 cm³/mol. The average molecular weight is 242 g/mol. The van der Waals surface area contributed by atoms with Gasteiger partial charge in [-0.3, -0.25) is 4.68 Å². The number of fused-ring (bicyclic) bond motifs is 1. The Labute approximate surface area is 107 Å². The summed E-state index contributed by atoms with van der Waals surface area (Å²) in [6, 6.07) is 2.46. The Kier molecular flexibility index (Phi) is 3.63. The van der Waals surface area contributed by atoms with Crippen molar-refractivity contribution in [3.8, 4) is 12.3 Å². The van der Waals surface area contributed by atoms with Crippen molar-refractivity contribution in [2.45, 2.75) is 32.9 Å². The summed E-state index contributed by atoms with van der Waals surface area (Å²) < 4.78 is 1.81. The molecule has 4 nitrogen and oxygen atoms in total. The topological polar surface area (TPSA) is 42.7 Å². The highest BCUT2D eigenvalue weighted by Gasteiger charge is 2.07. The van der Waals surface area contributed by atoms with Crippen LogP contribution in [0.15, 0.2) is 12.3 Å². The maximum atomic E-state index is 5.28. The zero-order valence-electron chi connectivity index (χ0n) is 11.1. The van der Waals surface area contributed by atoms with Crippen molar-refractivity contribution in [3.63, 3.8) is 0 Å². The van der Waals surface area contributed by atoms with Crippen molar-refractivity contribution >= 4 is 11.0 Å². The highest BCUT2D eigenvalue weighted by atomic mass is 15.3. The molecule has 0 bridgehead atoms. The maximum Gasteiger partial charge on any atom is 0.157 e. The molecule has 0 radical (unpaired) electrons. The number of terminal acetylenes is 1. The highest BCUT2D eigenvalue weighted by Crippen LogP contribution is 2.16. The van der Waals surface area contributed by atoms with Gasteiger partial charge in [0, 0.05) is 37.6 Å². The lowest BCUT2D eigenvalue weighted by atomic mass is 10.2. The SMILES string of the molecule is C#CCC(C)NCc1cnc2c(c1)c(C)nn2C. The zero-order chi connectivity index (χ0) is 13.1. The lowest BCUT2D eigenvalue weighted by Crippen LogP contribution is -2.24. The summed E-state index contributed by atoms with van der Waals surface area (Å²) in [5.74, 6) is 2.65. The van der Waals surface area contributed by atoms with E-state index in [4.69, 9.17) is 6.42 Å². The van der Waals surface area contributed by atoms with Gasteiger partial charge in [-0.1, -0.05) is 0 Å². The van der Waals surface area contributed by atoms with Gasteiger partial charge in [0.1, 0.15) is 0 Å². The molecule has 0 aliphatic rings. The fourth-order valence-electron chi connectivity index (χ4n) is 1.99. The Balaban J connectivity index is 2.15. The monoisotopic (exact) mass is 242 g/mol. The first-order valence-electron chi connectivity index (χ1n) is 6.07. The van der Waals surface area contributed by atoms with Gasteiger partial charge in [0.15, 0.2) is 5.65 Å². The van der Waals surface area contributed by atoms with E-state index in [0.717, 1.165) is 35.3 Å². The molecule has 1 atom stereocenters. The maximum absolute atomic E-state index is 5.28. The number of rotatable bonds is 4. The molecule has 0 fully saturated rings. The van der Waals surface area contributed by atoms with Crippen LogP contribution >= 0.6 is 0 Å². The average Bonchev–Trinajstić information content (AvgIpc) is 2.63. The fourth-order valence-corrected chi connectivity index (χ4v) is 1.99. The first-order chi connectivity index (χ1) is 8.61. The molecule has 1 N–H and O–H groups in total. The summed E-state index contributed by atoms with van der Waals surface area (Å²) >= 11 is 0. The summed E-state index contributed by atoms with van der Waals surface area (Å²) in [5.41, 5.74) is 3.09. The van der Waals surface area contributed by atoms with Crippen LogP contribution in [0.1, 0.15) is 24.6 Å². The van der Waals surface area contributed by atoms with E-state index in [2.05, 4.69) is 34.3 Å². The second kappa shape index (κ2) is 5.19. The molecule has 94 valence electrons. The van der Waals surface area contributed by atoms with E-state index in [1.165, 1.54) is 0 Å². The van der Waals surface area contributed by atoms with E-state index in [-0.39, 0.29) is 0 Å². The van der Waals surface area contributed by atoms with E-state index in [1.54, 1.807) is 0 Å². The van der Waals surface area contributed by atoms with Crippen LogP contribution in [0.25, 0.3) is 11.0 Å². The number of hydrogen-bond acceptors (Lipinski definition) is 3. The van der Waals surface area contributed by atoms with Crippen LogP contribution in [0.4, 0.5) is 0 Å². The largest absolute Gasteiger partial charge is 0.309 e. The molecule has 0 spiro atoms. The molecule has 18 heavy (non-hydrogen) atoms. The number of aromatic nitrogens is 3. The molecule has 0 aliphatic heterocycles. The third-order valence-electron chi connectivity index (χ3n) is 3.00. The molecule has 4 heteroatoms. The van der Waals surface area contributed by atoms with Crippen LogP contribution in [0.2, 0.25) is 0 Å². The molecule has 0 saturated heterocycles. The van der Waals surface area contributed by atoms with Crippen LogP contribution in [0.3, 0.4) is 0 Å². The number of nitrogens with zero attached hydrogens (tertiary/aromatic N) is 3. The summed E-state index contributed by atoms with van der Waals surface area (Å²) in [6.45, 7) is 4.86. The molecule has 0 aromatic carbocycles. The molecular formula is C14H18N4. The summed E-state index contributed by atoms with van der Waals surface area (Å²) in [5, 5.41) is 8.86. The minimum atomic E-state index is 0.320. The second-order valence-corrected chi connectivity index (χ2v) is 4.61. The van der Waals surface area contributed by atoms with E-state index in [1.807, 2.05) is 24.9 Å². The normalized spacial score (nSPS) is 12.6. The van der Waals surface area contributed by atoms with Gasteiger partial charge >= 0.3 is 0 Å². The molecule has 2 heterocycles. The Bertz CT molecular complexity index is 592. The van der Waals surface area contributed by atoms with Gasteiger partial charge in [-0.05, 0) is 25.5 Å². The van der Waals surface area contributed by atoms with Crippen molar-refractivity contribution in [1.29, 1.82) is 0 Å². The minimum absolute atomic E-state index is 0.320. The van der Waals surface area contributed by atoms with Crippen molar-refractivity contribution in [2.24, 2.45) is 7.05 Å². The minimum Gasteiger partial charge on any atom is -0.309 e. The summed E-state index contributed by atoms with van der Waals surface area (Å²) in [4.78, 5) is 4.45. The molecular weight excluding hydrogens is 224 g/mol. The van der Waals surface area contributed by atoms with Crippen molar-refractivity contribution in [2.75, 3.05) is 0 Å². The standard InChI is InChI=1S/C14H18N4/c1-5-6-10(2)15-8-12-7-13-11(3)17-18(4)14(13)16-9-12/h1,7,9-10,15H,6,8H2,2-4H3. The van der Waals surface area contributed by atoms with E-state index in [0.29, 0.717) is 6.04 Å². The van der Waals surface area contributed by atoms with Crippen LogP contribution in [0, 0.1) is 19.3 Å². The molecule has 2 aromatic rings. The smallest absolute Gasteiger partial charge is 0.157 e. The zero-order valence-corrected chi connectivity index (χ0v) is 11.1. The first kappa shape index (κ1) is 12.6.